The maximum atomic E-state index is 11.3. The second-order valence-electron chi connectivity index (χ2n) is 3.59. The van der Waals surface area contributed by atoms with Crippen LogP contribution in [0.4, 0.5) is 0 Å². The van der Waals surface area contributed by atoms with Crippen LogP contribution < -0.4 is 10.6 Å². The van der Waals surface area contributed by atoms with Gasteiger partial charge in [-0.3, -0.25) is 4.79 Å². The molecule has 0 saturated heterocycles. The van der Waals surface area contributed by atoms with Crippen LogP contribution in [0.25, 0.3) is 0 Å². The maximum absolute atomic E-state index is 11.3. The molecule has 2 N–H and O–H groups in total. The Kier molecular flexibility index (Phi) is 5.47. The highest BCUT2D eigenvalue weighted by molar-refractivity contribution is 6.30. The van der Waals surface area contributed by atoms with Gasteiger partial charge in [-0.1, -0.05) is 23.7 Å². The van der Waals surface area contributed by atoms with Crippen molar-refractivity contribution in [2.45, 2.75) is 13.0 Å². The van der Waals surface area contributed by atoms with Gasteiger partial charge >= 0.3 is 0 Å². The lowest BCUT2D eigenvalue weighted by molar-refractivity contribution is -0.120. The van der Waals surface area contributed by atoms with Gasteiger partial charge in [0, 0.05) is 11.1 Å². The summed E-state index contributed by atoms with van der Waals surface area (Å²) in [6, 6.07) is 9.34. The first-order valence-electron chi connectivity index (χ1n) is 5.26. The third-order valence-corrected chi connectivity index (χ3v) is 2.52. The molecule has 0 aromatic heterocycles. The van der Waals surface area contributed by atoms with E-state index >= 15 is 0 Å². The SMILES string of the molecule is CC(NCC(=O)NCC#N)c1cccc(Cl)c1. The van der Waals surface area contributed by atoms with E-state index < -0.39 is 0 Å². The number of nitrogens with zero attached hydrogens (tertiary/aromatic N) is 1. The number of carbonyl (C=O) groups excluding carboxylic acids is 1. The minimum absolute atomic E-state index is 0.0292. The van der Waals surface area contributed by atoms with Crippen molar-refractivity contribution in [3.05, 3.63) is 34.9 Å². The predicted molar refractivity (Wildman–Crippen MR) is 66.5 cm³/mol. The van der Waals surface area contributed by atoms with Crippen molar-refractivity contribution >= 4 is 17.5 Å². The van der Waals surface area contributed by atoms with E-state index in [2.05, 4.69) is 10.6 Å². The largest absolute Gasteiger partial charge is 0.342 e. The van der Waals surface area contributed by atoms with Gasteiger partial charge in [0.25, 0.3) is 0 Å². The molecule has 0 aliphatic carbocycles. The van der Waals surface area contributed by atoms with E-state index in [9.17, 15) is 4.79 Å². The van der Waals surface area contributed by atoms with Crippen LogP contribution in [0.2, 0.25) is 5.02 Å². The fourth-order valence-corrected chi connectivity index (χ4v) is 1.54. The normalized spacial score (nSPS) is 11.6. The molecule has 0 bridgehead atoms. The van der Waals surface area contributed by atoms with E-state index in [1.807, 2.05) is 31.2 Å². The summed E-state index contributed by atoms with van der Waals surface area (Å²) < 4.78 is 0. The highest BCUT2D eigenvalue weighted by Crippen LogP contribution is 2.16. The number of nitriles is 1. The average molecular weight is 252 g/mol. The zero-order chi connectivity index (χ0) is 12.7. The molecule has 0 spiro atoms. The number of amides is 1. The summed E-state index contributed by atoms with van der Waals surface area (Å²) in [7, 11) is 0. The molecule has 1 rings (SSSR count). The lowest BCUT2D eigenvalue weighted by Crippen LogP contribution is -2.35. The van der Waals surface area contributed by atoms with Gasteiger partial charge in [0.2, 0.25) is 5.91 Å². The van der Waals surface area contributed by atoms with Crippen LogP contribution in [-0.2, 0) is 4.79 Å². The molecule has 5 heteroatoms. The van der Waals surface area contributed by atoms with Crippen molar-refractivity contribution in [2.24, 2.45) is 0 Å². The van der Waals surface area contributed by atoms with Crippen molar-refractivity contribution < 1.29 is 4.79 Å². The zero-order valence-corrected chi connectivity index (χ0v) is 10.3. The predicted octanol–water partition coefficient (Wildman–Crippen LogP) is 1.63. The van der Waals surface area contributed by atoms with Crippen LogP contribution in [0, 0.1) is 11.3 Å². The molecule has 1 unspecified atom stereocenters. The second kappa shape index (κ2) is 6.89. The summed E-state index contributed by atoms with van der Waals surface area (Å²) in [5.74, 6) is -0.194. The Bertz CT molecular complexity index is 428. The molecule has 1 atom stereocenters. The summed E-state index contributed by atoms with van der Waals surface area (Å²) >= 11 is 5.88. The van der Waals surface area contributed by atoms with Crippen molar-refractivity contribution in [3.63, 3.8) is 0 Å². The number of benzene rings is 1. The lowest BCUT2D eigenvalue weighted by atomic mass is 10.1. The van der Waals surface area contributed by atoms with E-state index in [-0.39, 0.29) is 25.0 Å². The topological polar surface area (TPSA) is 64.9 Å². The molecule has 1 aromatic rings. The van der Waals surface area contributed by atoms with Crippen LogP contribution in [0.3, 0.4) is 0 Å². The molecule has 90 valence electrons. The Hall–Kier alpha value is -1.57. The van der Waals surface area contributed by atoms with Crippen LogP contribution in [-0.4, -0.2) is 19.0 Å². The summed E-state index contributed by atoms with van der Waals surface area (Å²) in [5, 5.41) is 14.5. The Morgan fingerprint density at radius 1 is 1.59 bits per heavy atom. The van der Waals surface area contributed by atoms with Crippen LogP contribution in [0.1, 0.15) is 18.5 Å². The Morgan fingerprint density at radius 2 is 2.35 bits per heavy atom. The Morgan fingerprint density at radius 3 is 3.00 bits per heavy atom. The Balaban J connectivity index is 2.42. The van der Waals surface area contributed by atoms with E-state index in [0.717, 1.165) is 5.56 Å². The van der Waals surface area contributed by atoms with Crippen molar-refractivity contribution in [1.82, 2.24) is 10.6 Å². The molecule has 0 radical (unpaired) electrons. The molecule has 0 fully saturated rings. The Labute approximate surface area is 106 Å². The monoisotopic (exact) mass is 251 g/mol. The molecule has 1 aromatic carbocycles. The molecule has 0 aliphatic rings. The number of rotatable bonds is 5. The zero-order valence-electron chi connectivity index (χ0n) is 9.53. The van der Waals surface area contributed by atoms with Gasteiger partial charge < -0.3 is 10.6 Å². The number of hydrogen-bond donors (Lipinski definition) is 2. The number of halogens is 1. The van der Waals surface area contributed by atoms with Gasteiger partial charge in [-0.25, -0.2) is 0 Å². The minimum Gasteiger partial charge on any atom is -0.342 e. The average Bonchev–Trinajstić information content (AvgIpc) is 2.33. The number of nitrogens with one attached hydrogen (secondary N) is 2. The number of hydrogen-bond acceptors (Lipinski definition) is 3. The van der Waals surface area contributed by atoms with Gasteiger partial charge in [-0.05, 0) is 24.6 Å². The summed E-state index contributed by atoms with van der Waals surface area (Å²) in [5.41, 5.74) is 1.02. The molecular weight excluding hydrogens is 238 g/mol. The first-order valence-corrected chi connectivity index (χ1v) is 5.63. The van der Waals surface area contributed by atoms with Gasteiger partial charge in [-0.2, -0.15) is 5.26 Å². The summed E-state index contributed by atoms with van der Waals surface area (Å²) in [6.07, 6.45) is 0. The van der Waals surface area contributed by atoms with Crippen molar-refractivity contribution in [3.8, 4) is 6.07 Å². The van der Waals surface area contributed by atoms with Crippen LogP contribution in [0.5, 0.6) is 0 Å². The maximum Gasteiger partial charge on any atom is 0.234 e. The molecule has 1 amide bonds. The van der Waals surface area contributed by atoms with E-state index in [0.29, 0.717) is 5.02 Å². The quantitative estimate of drug-likeness (QED) is 0.782. The molecule has 4 nitrogen and oxygen atoms in total. The van der Waals surface area contributed by atoms with E-state index in [1.165, 1.54) is 0 Å². The smallest absolute Gasteiger partial charge is 0.234 e. The highest BCUT2D eigenvalue weighted by Gasteiger charge is 2.07. The third-order valence-electron chi connectivity index (χ3n) is 2.28. The fraction of sp³-hybridized carbons (Fsp3) is 0.333. The van der Waals surface area contributed by atoms with Gasteiger partial charge in [0.05, 0.1) is 12.6 Å². The first kappa shape index (κ1) is 13.5. The summed E-state index contributed by atoms with van der Waals surface area (Å²) in [6.45, 7) is 2.16. The van der Waals surface area contributed by atoms with Crippen LogP contribution >= 0.6 is 11.6 Å². The minimum atomic E-state index is -0.194. The molecule has 0 saturated carbocycles. The molecule has 17 heavy (non-hydrogen) atoms. The molecular formula is C12H14ClN3O. The summed E-state index contributed by atoms with van der Waals surface area (Å²) in [4.78, 5) is 11.3. The van der Waals surface area contributed by atoms with Crippen molar-refractivity contribution in [1.29, 1.82) is 5.26 Å². The third kappa shape index (κ3) is 4.85. The highest BCUT2D eigenvalue weighted by atomic mass is 35.5. The lowest BCUT2D eigenvalue weighted by Gasteiger charge is -2.13. The first-order chi connectivity index (χ1) is 8.13. The van der Waals surface area contributed by atoms with E-state index in [4.69, 9.17) is 16.9 Å². The van der Waals surface area contributed by atoms with Gasteiger partial charge in [0.15, 0.2) is 0 Å². The van der Waals surface area contributed by atoms with Gasteiger partial charge in [0.1, 0.15) is 6.54 Å². The van der Waals surface area contributed by atoms with Crippen molar-refractivity contribution in [2.75, 3.05) is 13.1 Å². The van der Waals surface area contributed by atoms with E-state index in [1.54, 1.807) is 6.07 Å². The number of carbonyl (C=O) groups is 1. The fourth-order valence-electron chi connectivity index (χ4n) is 1.34. The molecule has 0 aliphatic heterocycles. The second-order valence-corrected chi connectivity index (χ2v) is 4.03. The van der Waals surface area contributed by atoms with Crippen LogP contribution in [0.15, 0.2) is 24.3 Å². The standard InChI is InChI=1S/C12H14ClN3O/c1-9(10-3-2-4-11(13)7-10)16-8-12(17)15-6-5-14/h2-4,7,9,16H,6,8H2,1H3,(H,15,17). The van der Waals surface area contributed by atoms with Gasteiger partial charge in [-0.15, -0.1) is 0 Å². The molecule has 0 heterocycles.